The molecule has 3 nitrogen and oxygen atoms in total. The Labute approximate surface area is 101 Å². The van der Waals surface area contributed by atoms with Crippen molar-refractivity contribution < 1.29 is 4.79 Å². The van der Waals surface area contributed by atoms with E-state index in [0.29, 0.717) is 6.42 Å². The van der Waals surface area contributed by atoms with Crippen molar-refractivity contribution in [1.29, 1.82) is 0 Å². The molecule has 1 aromatic heterocycles. The van der Waals surface area contributed by atoms with E-state index in [1.54, 1.807) is 16.2 Å². The van der Waals surface area contributed by atoms with Gasteiger partial charge in [-0.3, -0.25) is 4.79 Å². The third-order valence-electron chi connectivity index (χ3n) is 2.56. The molecular weight excluding hydrogens is 220 g/mol. The molecule has 0 aliphatic rings. The lowest BCUT2D eigenvalue weighted by atomic mass is 10.2. The van der Waals surface area contributed by atoms with E-state index in [9.17, 15) is 4.79 Å². The second kappa shape index (κ2) is 6.01. The summed E-state index contributed by atoms with van der Waals surface area (Å²) in [5.41, 5.74) is 6.92. The topological polar surface area (TPSA) is 46.3 Å². The molecule has 1 atom stereocenters. The Kier molecular flexibility index (Phi) is 4.96. The number of rotatable bonds is 5. The van der Waals surface area contributed by atoms with Gasteiger partial charge in [-0.05, 0) is 37.3 Å². The van der Waals surface area contributed by atoms with Crippen LogP contribution < -0.4 is 5.73 Å². The zero-order valence-electron chi connectivity index (χ0n) is 10.2. The van der Waals surface area contributed by atoms with Gasteiger partial charge in [-0.25, -0.2) is 0 Å². The van der Waals surface area contributed by atoms with E-state index >= 15 is 0 Å². The first kappa shape index (κ1) is 13.2. The maximum atomic E-state index is 11.6. The number of aryl methyl sites for hydroxylation is 1. The second-order valence-corrected chi connectivity index (χ2v) is 5.27. The molecule has 4 heteroatoms. The zero-order chi connectivity index (χ0) is 12.1. The van der Waals surface area contributed by atoms with Crippen LogP contribution in [0.2, 0.25) is 0 Å². The highest BCUT2D eigenvalue weighted by molar-refractivity contribution is 7.10. The van der Waals surface area contributed by atoms with Crippen LogP contribution in [0.5, 0.6) is 0 Å². The van der Waals surface area contributed by atoms with E-state index in [4.69, 9.17) is 5.73 Å². The van der Waals surface area contributed by atoms with Gasteiger partial charge in [-0.1, -0.05) is 0 Å². The van der Waals surface area contributed by atoms with Crippen molar-refractivity contribution in [3.8, 4) is 0 Å². The molecule has 0 saturated carbocycles. The smallest absolute Gasteiger partial charge is 0.223 e. The normalized spacial score (nSPS) is 12.5. The quantitative estimate of drug-likeness (QED) is 0.853. The van der Waals surface area contributed by atoms with Gasteiger partial charge in [0.25, 0.3) is 0 Å². The molecule has 90 valence electrons. The van der Waals surface area contributed by atoms with Crippen LogP contribution in [0.1, 0.15) is 23.8 Å². The van der Waals surface area contributed by atoms with Crippen molar-refractivity contribution in [2.45, 2.75) is 32.7 Å². The molecule has 2 N–H and O–H groups in total. The number of thiophene rings is 1. The maximum Gasteiger partial charge on any atom is 0.223 e. The van der Waals surface area contributed by atoms with Gasteiger partial charge in [-0.2, -0.15) is 0 Å². The molecule has 16 heavy (non-hydrogen) atoms. The summed E-state index contributed by atoms with van der Waals surface area (Å²) in [7, 11) is 1.84. The lowest BCUT2D eigenvalue weighted by Crippen LogP contribution is -2.33. The van der Waals surface area contributed by atoms with Crippen molar-refractivity contribution in [2.75, 3.05) is 13.6 Å². The average Bonchev–Trinajstić information content (AvgIpc) is 2.59. The summed E-state index contributed by atoms with van der Waals surface area (Å²) in [5, 5.41) is 2.09. The third-order valence-corrected chi connectivity index (χ3v) is 3.65. The molecule has 0 radical (unpaired) electrons. The summed E-state index contributed by atoms with van der Waals surface area (Å²) < 4.78 is 0. The first-order valence-corrected chi connectivity index (χ1v) is 6.41. The van der Waals surface area contributed by atoms with Crippen molar-refractivity contribution in [2.24, 2.45) is 5.73 Å². The molecule has 1 unspecified atom stereocenters. The number of hydrogen-bond donors (Lipinski definition) is 1. The van der Waals surface area contributed by atoms with E-state index in [1.165, 1.54) is 10.4 Å². The molecule has 1 heterocycles. The van der Waals surface area contributed by atoms with Gasteiger partial charge in [0.15, 0.2) is 0 Å². The van der Waals surface area contributed by atoms with Crippen LogP contribution in [-0.2, 0) is 11.2 Å². The van der Waals surface area contributed by atoms with Gasteiger partial charge in [0.1, 0.15) is 0 Å². The lowest BCUT2D eigenvalue weighted by molar-refractivity contribution is -0.130. The summed E-state index contributed by atoms with van der Waals surface area (Å²) in [5.74, 6) is 0.129. The predicted octanol–water partition coefficient (Wildman–Crippen LogP) is 1.79. The number of likely N-dealkylation sites (N-methyl/N-ethyl adjacent to an activating group) is 1. The number of hydrogen-bond acceptors (Lipinski definition) is 3. The summed E-state index contributed by atoms with van der Waals surface area (Å²) in [6.07, 6.45) is 1.37. The van der Waals surface area contributed by atoms with Crippen LogP contribution in [0.25, 0.3) is 0 Å². The van der Waals surface area contributed by atoms with Gasteiger partial charge >= 0.3 is 0 Å². The Morgan fingerprint density at radius 2 is 2.31 bits per heavy atom. The third kappa shape index (κ3) is 3.94. The Hall–Kier alpha value is -0.870. The summed E-state index contributed by atoms with van der Waals surface area (Å²) >= 11 is 1.75. The van der Waals surface area contributed by atoms with Crippen molar-refractivity contribution in [3.05, 3.63) is 21.9 Å². The SMILES string of the molecule is Cc1ccsc1CCN(C)C(=O)CC(C)N. The van der Waals surface area contributed by atoms with E-state index < -0.39 is 0 Å². The number of carbonyl (C=O) groups is 1. The molecular formula is C12H20N2OS. The van der Waals surface area contributed by atoms with E-state index in [2.05, 4.69) is 18.4 Å². The van der Waals surface area contributed by atoms with E-state index in [1.807, 2.05) is 14.0 Å². The number of nitrogens with two attached hydrogens (primary N) is 1. The number of amides is 1. The largest absolute Gasteiger partial charge is 0.345 e. The molecule has 0 fully saturated rings. The van der Waals surface area contributed by atoms with E-state index in [-0.39, 0.29) is 11.9 Å². The summed E-state index contributed by atoms with van der Waals surface area (Å²) in [4.78, 5) is 14.8. The fourth-order valence-electron chi connectivity index (χ4n) is 1.49. The molecule has 0 aromatic carbocycles. The molecule has 1 amide bonds. The number of nitrogens with zero attached hydrogens (tertiary/aromatic N) is 1. The Balaban J connectivity index is 2.38. The first-order chi connectivity index (χ1) is 7.50. The fourth-order valence-corrected chi connectivity index (χ4v) is 2.38. The van der Waals surface area contributed by atoms with Gasteiger partial charge in [0.2, 0.25) is 5.91 Å². The minimum absolute atomic E-state index is 0.0570. The van der Waals surface area contributed by atoms with Crippen LogP contribution in [0.4, 0.5) is 0 Å². The Morgan fingerprint density at radius 1 is 1.62 bits per heavy atom. The fraction of sp³-hybridized carbons (Fsp3) is 0.583. The van der Waals surface area contributed by atoms with Crippen molar-refractivity contribution in [1.82, 2.24) is 4.90 Å². The lowest BCUT2D eigenvalue weighted by Gasteiger charge is -2.18. The standard InChI is InChI=1S/C12H20N2OS/c1-9-5-7-16-11(9)4-6-14(3)12(15)8-10(2)13/h5,7,10H,4,6,8,13H2,1-3H3. The molecule has 0 aliphatic carbocycles. The molecule has 0 aliphatic heterocycles. The number of carbonyl (C=O) groups excluding carboxylic acids is 1. The molecule has 0 spiro atoms. The van der Waals surface area contributed by atoms with Crippen LogP contribution in [0, 0.1) is 6.92 Å². The summed E-state index contributed by atoms with van der Waals surface area (Å²) in [6, 6.07) is 2.06. The highest BCUT2D eigenvalue weighted by Crippen LogP contribution is 2.16. The van der Waals surface area contributed by atoms with Crippen molar-refractivity contribution in [3.63, 3.8) is 0 Å². The first-order valence-electron chi connectivity index (χ1n) is 5.53. The van der Waals surface area contributed by atoms with E-state index in [0.717, 1.165) is 13.0 Å². The minimum atomic E-state index is -0.0570. The Morgan fingerprint density at radius 3 is 2.81 bits per heavy atom. The van der Waals surface area contributed by atoms with Gasteiger partial charge in [0.05, 0.1) is 0 Å². The highest BCUT2D eigenvalue weighted by atomic mass is 32.1. The van der Waals surface area contributed by atoms with Crippen LogP contribution in [-0.4, -0.2) is 30.4 Å². The molecule has 0 saturated heterocycles. The van der Waals surface area contributed by atoms with Gasteiger partial charge < -0.3 is 10.6 Å². The monoisotopic (exact) mass is 240 g/mol. The van der Waals surface area contributed by atoms with Crippen LogP contribution in [0.3, 0.4) is 0 Å². The molecule has 0 bridgehead atoms. The Bertz CT molecular complexity index is 347. The van der Waals surface area contributed by atoms with Gasteiger partial charge in [0, 0.05) is 30.9 Å². The zero-order valence-corrected chi connectivity index (χ0v) is 11.0. The molecule has 1 rings (SSSR count). The van der Waals surface area contributed by atoms with Gasteiger partial charge in [-0.15, -0.1) is 11.3 Å². The predicted molar refractivity (Wildman–Crippen MR) is 68.7 cm³/mol. The average molecular weight is 240 g/mol. The van der Waals surface area contributed by atoms with Crippen LogP contribution >= 0.6 is 11.3 Å². The highest BCUT2D eigenvalue weighted by Gasteiger charge is 2.11. The maximum absolute atomic E-state index is 11.6. The molecule has 1 aromatic rings. The summed E-state index contributed by atoms with van der Waals surface area (Å²) in [6.45, 7) is 4.73. The second-order valence-electron chi connectivity index (χ2n) is 4.27. The van der Waals surface area contributed by atoms with Crippen LogP contribution in [0.15, 0.2) is 11.4 Å². The minimum Gasteiger partial charge on any atom is -0.345 e. The van der Waals surface area contributed by atoms with Crippen molar-refractivity contribution >= 4 is 17.2 Å².